The van der Waals surface area contributed by atoms with E-state index in [9.17, 15) is 14.0 Å². The van der Waals surface area contributed by atoms with Crippen molar-refractivity contribution in [2.45, 2.75) is 19.4 Å². The molecule has 0 bridgehead atoms. The maximum atomic E-state index is 13.4. The molecule has 1 N–H and O–H groups in total. The zero-order valence-corrected chi connectivity index (χ0v) is 18.2. The fraction of sp³-hybridized carbons (Fsp3) is 0.333. The zero-order chi connectivity index (χ0) is 21.0. The number of hydrogen-bond donors (Lipinski definition) is 1. The Morgan fingerprint density at radius 2 is 1.97 bits per heavy atom. The molecule has 0 aliphatic carbocycles. The minimum absolute atomic E-state index is 0.0854. The Balaban J connectivity index is 1.55. The molecule has 5 nitrogen and oxygen atoms in total. The summed E-state index contributed by atoms with van der Waals surface area (Å²) >= 11 is 9.26. The molecule has 0 aromatic heterocycles. The first-order chi connectivity index (χ1) is 13.9. The van der Waals surface area contributed by atoms with Crippen LogP contribution in [-0.2, 0) is 11.3 Å². The minimum atomic E-state index is -0.355. The average molecular weight is 484 g/mol. The van der Waals surface area contributed by atoms with Crippen LogP contribution in [0.15, 0.2) is 40.9 Å². The number of likely N-dealkylation sites (tertiary alicyclic amines) is 1. The van der Waals surface area contributed by atoms with Gasteiger partial charge in [-0.1, -0.05) is 27.5 Å². The largest absolute Gasteiger partial charge is 0.496 e. The Kier molecular flexibility index (Phi) is 7.14. The van der Waals surface area contributed by atoms with Crippen LogP contribution in [0, 0.1) is 11.7 Å². The van der Waals surface area contributed by atoms with Crippen LogP contribution >= 0.6 is 27.5 Å². The summed E-state index contributed by atoms with van der Waals surface area (Å²) in [6.45, 7) is 1.20. The molecule has 1 aliphatic rings. The predicted octanol–water partition coefficient (Wildman–Crippen LogP) is 4.42. The van der Waals surface area contributed by atoms with Crippen molar-refractivity contribution in [3.8, 4) is 5.75 Å². The number of ether oxygens (including phenoxy) is 1. The Bertz CT molecular complexity index is 897. The number of benzene rings is 2. The summed E-state index contributed by atoms with van der Waals surface area (Å²) in [6, 6.07) is 9.46. The van der Waals surface area contributed by atoms with Crippen LogP contribution in [0.2, 0.25) is 5.02 Å². The number of amides is 2. The lowest BCUT2D eigenvalue weighted by Gasteiger charge is -2.31. The van der Waals surface area contributed by atoms with Crippen molar-refractivity contribution in [3.63, 3.8) is 0 Å². The molecule has 0 radical (unpaired) electrons. The quantitative estimate of drug-likeness (QED) is 0.685. The van der Waals surface area contributed by atoms with Crippen molar-refractivity contribution in [1.82, 2.24) is 10.2 Å². The topological polar surface area (TPSA) is 58.6 Å². The normalized spacial score (nSPS) is 14.6. The second kappa shape index (κ2) is 9.59. The molecule has 0 unspecified atom stereocenters. The van der Waals surface area contributed by atoms with Gasteiger partial charge in [0.1, 0.15) is 11.6 Å². The summed E-state index contributed by atoms with van der Waals surface area (Å²) < 4.78 is 19.3. The second-order valence-electron chi connectivity index (χ2n) is 6.91. The van der Waals surface area contributed by atoms with E-state index in [0.717, 1.165) is 0 Å². The molecule has 3 rings (SSSR count). The number of piperidine rings is 1. The molecular weight excluding hydrogens is 463 g/mol. The number of carbonyl (C=O) groups excluding carboxylic acids is 2. The van der Waals surface area contributed by atoms with Crippen LogP contribution in [0.25, 0.3) is 0 Å². The molecule has 2 amide bonds. The Morgan fingerprint density at radius 1 is 1.24 bits per heavy atom. The summed E-state index contributed by atoms with van der Waals surface area (Å²) in [7, 11) is 1.51. The van der Waals surface area contributed by atoms with Crippen molar-refractivity contribution in [2.24, 2.45) is 5.92 Å². The van der Waals surface area contributed by atoms with E-state index in [-0.39, 0.29) is 30.1 Å². The standard InChI is InChI=1S/C21H21BrClFN2O3/c1-29-19-3-2-16(23)11-18(19)21(28)26-6-4-14(5-7-26)20(27)25-12-13-8-15(22)10-17(24)9-13/h2-3,8-11,14H,4-7,12H2,1H3,(H,25,27). The van der Waals surface area contributed by atoms with Crippen LogP contribution < -0.4 is 10.1 Å². The molecule has 1 fully saturated rings. The molecule has 1 saturated heterocycles. The van der Waals surface area contributed by atoms with E-state index < -0.39 is 0 Å². The van der Waals surface area contributed by atoms with Crippen LogP contribution in [0.3, 0.4) is 0 Å². The average Bonchev–Trinajstić information content (AvgIpc) is 2.71. The van der Waals surface area contributed by atoms with Gasteiger partial charge < -0.3 is 15.0 Å². The lowest BCUT2D eigenvalue weighted by molar-refractivity contribution is -0.126. The van der Waals surface area contributed by atoms with Gasteiger partial charge >= 0.3 is 0 Å². The highest BCUT2D eigenvalue weighted by Gasteiger charge is 2.29. The van der Waals surface area contributed by atoms with E-state index in [4.69, 9.17) is 16.3 Å². The first kappa shape index (κ1) is 21.6. The fourth-order valence-corrected chi connectivity index (χ4v) is 4.09. The molecule has 0 saturated carbocycles. The van der Waals surface area contributed by atoms with E-state index in [0.29, 0.717) is 52.3 Å². The summed E-state index contributed by atoms with van der Waals surface area (Å²) in [5.41, 5.74) is 1.10. The van der Waals surface area contributed by atoms with E-state index in [1.165, 1.54) is 19.2 Å². The van der Waals surface area contributed by atoms with E-state index in [1.807, 2.05) is 0 Å². The molecule has 1 heterocycles. The number of hydrogen-bond acceptors (Lipinski definition) is 3. The van der Waals surface area contributed by atoms with Gasteiger partial charge in [0.2, 0.25) is 5.91 Å². The van der Waals surface area contributed by atoms with Crippen LogP contribution in [0.4, 0.5) is 4.39 Å². The molecule has 1 aliphatic heterocycles. The van der Waals surface area contributed by atoms with Crippen LogP contribution in [0.1, 0.15) is 28.8 Å². The third kappa shape index (κ3) is 5.48. The summed E-state index contributed by atoms with van der Waals surface area (Å²) in [4.78, 5) is 27.0. The predicted molar refractivity (Wildman–Crippen MR) is 113 cm³/mol. The lowest BCUT2D eigenvalue weighted by atomic mass is 9.95. The third-order valence-electron chi connectivity index (χ3n) is 4.93. The lowest BCUT2D eigenvalue weighted by Crippen LogP contribution is -2.43. The van der Waals surface area contributed by atoms with Crippen molar-refractivity contribution in [1.29, 1.82) is 0 Å². The van der Waals surface area contributed by atoms with Gasteiger partial charge in [-0.05, 0) is 54.8 Å². The number of rotatable bonds is 5. The van der Waals surface area contributed by atoms with Gasteiger partial charge in [-0.15, -0.1) is 0 Å². The van der Waals surface area contributed by atoms with Gasteiger partial charge in [0.25, 0.3) is 5.91 Å². The number of nitrogens with one attached hydrogen (secondary N) is 1. The van der Waals surface area contributed by atoms with Gasteiger partial charge in [-0.3, -0.25) is 9.59 Å². The maximum absolute atomic E-state index is 13.4. The molecule has 29 heavy (non-hydrogen) atoms. The van der Waals surface area contributed by atoms with Crippen LogP contribution in [-0.4, -0.2) is 36.9 Å². The van der Waals surface area contributed by atoms with Crippen molar-refractivity contribution in [3.05, 3.63) is 62.8 Å². The number of nitrogens with zero attached hydrogens (tertiary/aromatic N) is 1. The Labute approximate surface area is 182 Å². The molecule has 2 aromatic rings. The Hall–Kier alpha value is -2.12. The summed E-state index contributed by atoms with van der Waals surface area (Å²) in [5.74, 6) is -0.310. The molecule has 8 heteroatoms. The van der Waals surface area contributed by atoms with Crippen molar-refractivity contribution >= 4 is 39.3 Å². The summed E-state index contributed by atoms with van der Waals surface area (Å²) in [6.07, 6.45) is 1.13. The van der Waals surface area contributed by atoms with E-state index in [2.05, 4.69) is 21.2 Å². The van der Waals surface area contributed by atoms with Gasteiger partial charge in [0.05, 0.1) is 12.7 Å². The van der Waals surface area contributed by atoms with E-state index >= 15 is 0 Å². The molecule has 154 valence electrons. The minimum Gasteiger partial charge on any atom is -0.496 e. The highest BCUT2D eigenvalue weighted by atomic mass is 79.9. The number of carbonyl (C=O) groups is 2. The summed E-state index contributed by atoms with van der Waals surface area (Å²) in [5, 5.41) is 3.32. The first-order valence-corrected chi connectivity index (χ1v) is 10.4. The second-order valence-corrected chi connectivity index (χ2v) is 8.26. The van der Waals surface area contributed by atoms with Crippen LogP contribution in [0.5, 0.6) is 5.75 Å². The number of methoxy groups -OCH3 is 1. The highest BCUT2D eigenvalue weighted by molar-refractivity contribution is 9.10. The molecule has 0 atom stereocenters. The van der Waals surface area contributed by atoms with Gasteiger partial charge in [-0.25, -0.2) is 4.39 Å². The van der Waals surface area contributed by atoms with Gasteiger partial charge in [0.15, 0.2) is 0 Å². The SMILES string of the molecule is COc1ccc(Cl)cc1C(=O)N1CCC(C(=O)NCc2cc(F)cc(Br)c2)CC1. The van der Waals surface area contributed by atoms with E-state index in [1.54, 1.807) is 29.2 Å². The third-order valence-corrected chi connectivity index (χ3v) is 5.63. The molecule has 2 aromatic carbocycles. The van der Waals surface area contributed by atoms with Gasteiger partial charge in [0, 0.05) is 35.0 Å². The molecule has 0 spiro atoms. The Morgan fingerprint density at radius 3 is 2.62 bits per heavy atom. The molecular formula is C21H21BrClFN2O3. The van der Waals surface area contributed by atoms with Crippen molar-refractivity contribution < 1.29 is 18.7 Å². The number of halogens is 3. The van der Waals surface area contributed by atoms with Crippen molar-refractivity contribution in [2.75, 3.05) is 20.2 Å². The van der Waals surface area contributed by atoms with Gasteiger partial charge in [-0.2, -0.15) is 0 Å². The highest BCUT2D eigenvalue weighted by Crippen LogP contribution is 2.26. The smallest absolute Gasteiger partial charge is 0.257 e. The fourth-order valence-electron chi connectivity index (χ4n) is 3.41. The first-order valence-electron chi connectivity index (χ1n) is 9.23. The monoisotopic (exact) mass is 482 g/mol. The maximum Gasteiger partial charge on any atom is 0.257 e. The zero-order valence-electron chi connectivity index (χ0n) is 15.9.